The van der Waals surface area contributed by atoms with Gasteiger partial charge in [0.05, 0.1) is 0 Å². The summed E-state index contributed by atoms with van der Waals surface area (Å²) in [4.78, 5) is 30.0. The standard InChI is InChI=1S/C28H20Cl2N2O2/c29-25(27(33)31(21-13-5-1-6-14-21)22-15-7-2-8-16-22)26(30)28(34)32(23-17-9-3-10-18-23)24-19-11-4-12-20-24/h1-20H/b26-25-. The number of hydrogen-bond donors (Lipinski definition) is 0. The van der Waals surface area contributed by atoms with Crippen LogP contribution in [0.5, 0.6) is 0 Å². The van der Waals surface area contributed by atoms with Gasteiger partial charge in [-0.2, -0.15) is 0 Å². The normalized spacial score (nSPS) is 11.4. The van der Waals surface area contributed by atoms with Crippen molar-refractivity contribution in [3.05, 3.63) is 131 Å². The maximum Gasteiger partial charge on any atom is 0.276 e. The third-order valence-electron chi connectivity index (χ3n) is 5.03. The molecule has 0 radical (unpaired) electrons. The number of amides is 2. The molecule has 4 nitrogen and oxygen atoms in total. The number of benzene rings is 4. The molecule has 168 valence electrons. The summed E-state index contributed by atoms with van der Waals surface area (Å²) < 4.78 is 0. The molecule has 0 aromatic heterocycles. The van der Waals surface area contributed by atoms with Crippen LogP contribution < -0.4 is 9.80 Å². The molecular weight excluding hydrogens is 467 g/mol. The second kappa shape index (κ2) is 10.8. The maximum atomic E-state index is 13.6. The molecule has 4 aromatic rings. The molecule has 6 heteroatoms. The lowest BCUT2D eigenvalue weighted by molar-refractivity contribution is -0.116. The van der Waals surface area contributed by atoms with Gasteiger partial charge in [-0.25, -0.2) is 0 Å². The van der Waals surface area contributed by atoms with Crippen molar-refractivity contribution in [3.63, 3.8) is 0 Å². The molecule has 0 saturated heterocycles. The number of rotatable bonds is 6. The van der Waals surface area contributed by atoms with Gasteiger partial charge in [-0.3, -0.25) is 19.4 Å². The molecule has 0 spiro atoms. The molecular formula is C28H20Cl2N2O2. The third kappa shape index (κ3) is 5.04. The van der Waals surface area contributed by atoms with E-state index in [1.54, 1.807) is 48.5 Å². The number of carbonyl (C=O) groups is 2. The van der Waals surface area contributed by atoms with E-state index >= 15 is 0 Å². The molecule has 0 unspecified atom stereocenters. The van der Waals surface area contributed by atoms with Crippen LogP contribution in [0.25, 0.3) is 0 Å². The van der Waals surface area contributed by atoms with E-state index in [1.165, 1.54) is 9.80 Å². The average Bonchev–Trinajstić information content (AvgIpc) is 2.90. The highest BCUT2D eigenvalue weighted by molar-refractivity contribution is 6.56. The first-order valence-corrected chi connectivity index (χ1v) is 11.3. The molecule has 4 aromatic carbocycles. The van der Waals surface area contributed by atoms with Crippen molar-refractivity contribution in [2.24, 2.45) is 0 Å². The van der Waals surface area contributed by atoms with Crippen molar-refractivity contribution < 1.29 is 9.59 Å². The monoisotopic (exact) mass is 486 g/mol. The van der Waals surface area contributed by atoms with Crippen LogP contribution in [0.1, 0.15) is 0 Å². The molecule has 0 aliphatic rings. The van der Waals surface area contributed by atoms with Gasteiger partial charge in [0.15, 0.2) is 0 Å². The van der Waals surface area contributed by atoms with Crippen LogP contribution in [0.3, 0.4) is 0 Å². The number of anilines is 4. The van der Waals surface area contributed by atoms with Crippen molar-refractivity contribution >= 4 is 57.8 Å². The van der Waals surface area contributed by atoms with Gasteiger partial charge in [-0.1, -0.05) is 96.0 Å². The van der Waals surface area contributed by atoms with Crippen molar-refractivity contribution in [3.8, 4) is 0 Å². The van der Waals surface area contributed by atoms with Crippen molar-refractivity contribution in [2.75, 3.05) is 9.80 Å². The Morgan fingerprint density at radius 3 is 0.824 bits per heavy atom. The highest BCUT2D eigenvalue weighted by Gasteiger charge is 2.29. The Kier molecular flexibility index (Phi) is 7.43. The van der Waals surface area contributed by atoms with E-state index in [9.17, 15) is 9.59 Å². The Balaban J connectivity index is 1.76. The average molecular weight is 487 g/mol. The quantitative estimate of drug-likeness (QED) is 0.266. The van der Waals surface area contributed by atoms with Gasteiger partial charge in [-0.15, -0.1) is 0 Å². The van der Waals surface area contributed by atoms with Gasteiger partial charge >= 0.3 is 0 Å². The summed E-state index contributed by atoms with van der Waals surface area (Å²) in [6, 6.07) is 36.2. The second-order valence-electron chi connectivity index (χ2n) is 7.25. The fourth-order valence-corrected chi connectivity index (χ4v) is 3.79. The zero-order chi connectivity index (χ0) is 23.9. The fourth-order valence-electron chi connectivity index (χ4n) is 3.46. The highest BCUT2D eigenvalue weighted by Crippen LogP contribution is 2.32. The van der Waals surface area contributed by atoms with E-state index in [0.29, 0.717) is 22.7 Å². The minimum atomic E-state index is -0.613. The Bertz CT molecular complexity index is 1110. The topological polar surface area (TPSA) is 40.6 Å². The van der Waals surface area contributed by atoms with Crippen LogP contribution >= 0.6 is 23.2 Å². The summed E-state index contributed by atoms with van der Waals surface area (Å²) in [5.41, 5.74) is 2.38. The summed E-state index contributed by atoms with van der Waals surface area (Å²) >= 11 is 13.0. The molecule has 0 aliphatic heterocycles. The van der Waals surface area contributed by atoms with Gasteiger partial charge in [0.1, 0.15) is 10.1 Å². The number of nitrogens with zero attached hydrogens (tertiary/aromatic N) is 2. The lowest BCUT2D eigenvalue weighted by Crippen LogP contribution is -2.30. The van der Waals surface area contributed by atoms with Crippen LogP contribution in [-0.4, -0.2) is 11.8 Å². The predicted molar refractivity (Wildman–Crippen MR) is 139 cm³/mol. The number of hydrogen-bond acceptors (Lipinski definition) is 2. The van der Waals surface area contributed by atoms with Gasteiger partial charge in [0.25, 0.3) is 11.8 Å². The largest absolute Gasteiger partial charge is 0.276 e. The summed E-state index contributed by atoms with van der Waals surface area (Å²) in [6.07, 6.45) is 0. The van der Waals surface area contributed by atoms with Crippen LogP contribution in [0.2, 0.25) is 0 Å². The number of halogens is 2. The lowest BCUT2D eigenvalue weighted by atomic mass is 10.2. The van der Waals surface area contributed by atoms with Crippen LogP contribution in [-0.2, 0) is 9.59 Å². The summed E-state index contributed by atoms with van der Waals surface area (Å²) in [5, 5.41) is -0.757. The molecule has 0 saturated carbocycles. The van der Waals surface area contributed by atoms with Gasteiger partial charge in [-0.05, 0) is 48.5 Å². The Labute approximate surface area is 208 Å². The minimum absolute atomic E-state index is 0.378. The van der Waals surface area contributed by atoms with Crippen LogP contribution in [0, 0.1) is 0 Å². The number of carbonyl (C=O) groups excluding carboxylic acids is 2. The Morgan fingerprint density at radius 1 is 0.412 bits per heavy atom. The van der Waals surface area contributed by atoms with Crippen molar-refractivity contribution in [1.82, 2.24) is 0 Å². The van der Waals surface area contributed by atoms with E-state index in [1.807, 2.05) is 72.8 Å². The van der Waals surface area contributed by atoms with Crippen molar-refractivity contribution in [2.45, 2.75) is 0 Å². The molecule has 4 rings (SSSR count). The summed E-state index contributed by atoms with van der Waals surface area (Å²) in [7, 11) is 0. The third-order valence-corrected chi connectivity index (χ3v) is 5.83. The first-order valence-electron chi connectivity index (χ1n) is 10.5. The second-order valence-corrected chi connectivity index (χ2v) is 8.01. The zero-order valence-electron chi connectivity index (χ0n) is 18.0. The molecule has 0 fully saturated rings. The first kappa shape index (κ1) is 23.3. The highest BCUT2D eigenvalue weighted by atomic mass is 35.5. The number of para-hydroxylation sites is 4. The lowest BCUT2D eigenvalue weighted by Gasteiger charge is -2.25. The summed E-state index contributed by atoms with van der Waals surface area (Å²) in [5.74, 6) is -1.23. The minimum Gasteiger partial charge on any atom is -0.276 e. The molecule has 0 atom stereocenters. The van der Waals surface area contributed by atoms with Gasteiger partial charge in [0.2, 0.25) is 0 Å². The summed E-state index contributed by atoms with van der Waals surface area (Å²) in [6.45, 7) is 0. The smallest absolute Gasteiger partial charge is 0.276 e. The fraction of sp³-hybridized carbons (Fsp3) is 0. The Morgan fingerprint density at radius 2 is 0.618 bits per heavy atom. The molecule has 0 bridgehead atoms. The maximum absolute atomic E-state index is 13.6. The van der Waals surface area contributed by atoms with E-state index < -0.39 is 11.8 Å². The SMILES string of the molecule is O=C(/C(Cl)=C(/Cl)C(=O)N(c1ccccc1)c1ccccc1)N(c1ccccc1)c1ccccc1. The molecule has 34 heavy (non-hydrogen) atoms. The van der Waals surface area contributed by atoms with Crippen LogP contribution in [0.15, 0.2) is 131 Å². The van der Waals surface area contributed by atoms with E-state index in [-0.39, 0.29) is 10.1 Å². The molecule has 0 heterocycles. The van der Waals surface area contributed by atoms with Gasteiger partial charge < -0.3 is 0 Å². The predicted octanol–water partition coefficient (Wildman–Crippen LogP) is 7.41. The first-order chi connectivity index (χ1) is 16.6. The van der Waals surface area contributed by atoms with Crippen molar-refractivity contribution in [1.29, 1.82) is 0 Å². The Hall–Kier alpha value is -3.86. The van der Waals surface area contributed by atoms with E-state index in [4.69, 9.17) is 23.2 Å². The molecule has 2 amide bonds. The van der Waals surface area contributed by atoms with Gasteiger partial charge in [0, 0.05) is 22.7 Å². The zero-order valence-corrected chi connectivity index (χ0v) is 19.5. The molecule has 0 N–H and O–H groups in total. The molecule has 0 aliphatic carbocycles. The van der Waals surface area contributed by atoms with Crippen LogP contribution in [0.4, 0.5) is 22.7 Å². The van der Waals surface area contributed by atoms with E-state index in [2.05, 4.69) is 0 Å². The van der Waals surface area contributed by atoms with E-state index in [0.717, 1.165) is 0 Å².